The van der Waals surface area contributed by atoms with Crippen molar-refractivity contribution in [2.45, 2.75) is 0 Å². The van der Waals surface area contributed by atoms with E-state index >= 15 is 0 Å². The maximum absolute atomic E-state index is 10.6. The molecule has 0 atom stereocenters. The van der Waals surface area contributed by atoms with Crippen molar-refractivity contribution >= 4 is 28.9 Å². The Morgan fingerprint density at radius 1 is 1.60 bits per heavy atom. The number of carboxylic acids is 1. The SMILES string of the molecule is O=C(O)CNc1ccc(Cl)cc1[N+](=O)[O-]. The molecule has 2 N–H and O–H groups in total. The number of anilines is 1. The molecular weight excluding hydrogens is 224 g/mol. The number of nitro groups is 1. The highest BCUT2D eigenvalue weighted by atomic mass is 35.5. The van der Waals surface area contributed by atoms with Crippen molar-refractivity contribution in [2.24, 2.45) is 0 Å². The first-order valence-corrected chi connectivity index (χ1v) is 4.28. The Morgan fingerprint density at radius 2 is 2.27 bits per heavy atom. The molecule has 15 heavy (non-hydrogen) atoms. The van der Waals surface area contributed by atoms with Gasteiger partial charge in [0.25, 0.3) is 5.69 Å². The summed E-state index contributed by atoms with van der Waals surface area (Å²) in [5.41, 5.74) is -0.115. The average molecular weight is 231 g/mol. The lowest BCUT2D eigenvalue weighted by atomic mass is 10.2. The van der Waals surface area contributed by atoms with Crippen molar-refractivity contribution in [2.75, 3.05) is 11.9 Å². The first-order valence-electron chi connectivity index (χ1n) is 3.90. The Hall–Kier alpha value is -1.82. The summed E-state index contributed by atoms with van der Waals surface area (Å²) in [7, 11) is 0. The lowest BCUT2D eigenvalue weighted by Gasteiger charge is -2.04. The lowest BCUT2D eigenvalue weighted by Crippen LogP contribution is -2.13. The minimum absolute atomic E-state index is 0.131. The highest BCUT2D eigenvalue weighted by Crippen LogP contribution is 2.27. The van der Waals surface area contributed by atoms with E-state index in [-0.39, 0.29) is 22.9 Å². The first kappa shape index (κ1) is 11.3. The number of nitrogens with one attached hydrogen (secondary N) is 1. The van der Waals surface area contributed by atoms with Gasteiger partial charge in [-0.25, -0.2) is 0 Å². The van der Waals surface area contributed by atoms with E-state index in [0.29, 0.717) is 0 Å². The fourth-order valence-electron chi connectivity index (χ4n) is 0.976. The van der Waals surface area contributed by atoms with Crippen LogP contribution in [-0.2, 0) is 4.79 Å². The predicted molar refractivity (Wildman–Crippen MR) is 54.2 cm³/mol. The van der Waals surface area contributed by atoms with Gasteiger partial charge in [-0.15, -0.1) is 0 Å². The summed E-state index contributed by atoms with van der Waals surface area (Å²) in [6.45, 7) is -0.386. The van der Waals surface area contributed by atoms with Crippen LogP contribution in [0.15, 0.2) is 18.2 Å². The quantitative estimate of drug-likeness (QED) is 0.607. The molecule has 0 radical (unpaired) electrons. The van der Waals surface area contributed by atoms with Crippen LogP contribution in [0.4, 0.5) is 11.4 Å². The molecule has 0 aliphatic heterocycles. The summed E-state index contributed by atoms with van der Waals surface area (Å²) in [6.07, 6.45) is 0. The molecule has 1 aromatic carbocycles. The Bertz CT molecular complexity index is 408. The van der Waals surface area contributed by atoms with Crippen molar-refractivity contribution in [1.82, 2.24) is 0 Å². The zero-order valence-electron chi connectivity index (χ0n) is 7.44. The Labute approximate surface area is 89.6 Å². The minimum Gasteiger partial charge on any atom is -0.480 e. The normalized spacial score (nSPS) is 9.67. The molecule has 0 fully saturated rings. The van der Waals surface area contributed by atoms with Crippen molar-refractivity contribution in [3.63, 3.8) is 0 Å². The molecule has 0 aliphatic rings. The van der Waals surface area contributed by atoms with E-state index in [0.717, 1.165) is 6.07 Å². The van der Waals surface area contributed by atoms with Gasteiger partial charge >= 0.3 is 5.97 Å². The van der Waals surface area contributed by atoms with E-state index in [1.807, 2.05) is 0 Å². The van der Waals surface area contributed by atoms with Gasteiger partial charge in [-0.05, 0) is 12.1 Å². The highest BCUT2D eigenvalue weighted by Gasteiger charge is 2.14. The van der Waals surface area contributed by atoms with Crippen LogP contribution in [0, 0.1) is 10.1 Å². The number of aliphatic carboxylic acids is 1. The molecular formula is C8H7ClN2O4. The first-order chi connectivity index (χ1) is 7.00. The molecule has 7 heteroatoms. The molecule has 0 saturated carbocycles. The maximum atomic E-state index is 10.6. The van der Waals surface area contributed by atoms with E-state index in [1.165, 1.54) is 12.1 Å². The van der Waals surface area contributed by atoms with Crippen molar-refractivity contribution in [3.8, 4) is 0 Å². The maximum Gasteiger partial charge on any atom is 0.322 e. The molecule has 0 bridgehead atoms. The largest absolute Gasteiger partial charge is 0.480 e. The molecule has 80 valence electrons. The topological polar surface area (TPSA) is 92.5 Å². The van der Waals surface area contributed by atoms with Gasteiger partial charge in [0.05, 0.1) is 4.92 Å². The fraction of sp³-hybridized carbons (Fsp3) is 0.125. The fourth-order valence-corrected chi connectivity index (χ4v) is 1.14. The number of halogens is 1. The van der Waals surface area contributed by atoms with Crippen LogP contribution in [-0.4, -0.2) is 22.5 Å². The summed E-state index contributed by atoms with van der Waals surface area (Å²) in [5, 5.41) is 21.6. The van der Waals surface area contributed by atoms with Crippen molar-refractivity contribution in [1.29, 1.82) is 0 Å². The van der Waals surface area contributed by atoms with E-state index < -0.39 is 10.9 Å². The molecule has 0 amide bonds. The van der Waals surface area contributed by atoms with Crippen LogP contribution >= 0.6 is 11.6 Å². The number of nitrogens with zero attached hydrogens (tertiary/aromatic N) is 1. The standard InChI is InChI=1S/C8H7ClN2O4/c9-5-1-2-6(10-4-8(12)13)7(3-5)11(14)15/h1-3,10H,4H2,(H,12,13). The molecule has 0 unspecified atom stereocenters. The summed E-state index contributed by atoms with van der Waals surface area (Å²) in [4.78, 5) is 20.2. The summed E-state index contributed by atoms with van der Waals surface area (Å²) < 4.78 is 0. The zero-order valence-corrected chi connectivity index (χ0v) is 8.19. The van der Waals surface area contributed by atoms with Gasteiger partial charge in [0.15, 0.2) is 0 Å². The summed E-state index contributed by atoms with van der Waals surface area (Å²) in [6, 6.07) is 3.97. The Balaban J connectivity index is 2.95. The Kier molecular flexibility index (Phi) is 3.46. The number of hydrogen-bond acceptors (Lipinski definition) is 4. The second-order valence-electron chi connectivity index (χ2n) is 2.67. The van der Waals surface area contributed by atoms with E-state index in [2.05, 4.69) is 5.32 Å². The van der Waals surface area contributed by atoms with Crippen LogP contribution in [0.25, 0.3) is 0 Å². The average Bonchev–Trinajstić information content (AvgIpc) is 2.15. The third kappa shape index (κ3) is 3.10. The van der Waals surface area contributed by atoms with Crippen LogP contribution in [0.5, 0.6) is 0 Å². The molecule has 0 aromatic heterocycles. The molecule has 1 aromatic rings. The predicted octanol–water partition coefficient (Wildman–Crippen LogP) is 1.74. The second kappa shape index (κ2) is 4.61. The van der Waals surface area contributed by atoms with Crippen LogP contribution in [0.1, 0.15) is 0 Å². The van der Waals surface area contributed by atoms with Crippen molar-refractivity contribution in [3.05, 3.63) is 33.3 Å². The number of rotatable bonds is 4. The number of benzene rings is 1. The van der Waals surface area contributed by atoms with Gasteiger partial charge in [0.1, 0.15) is 12.2 Å². The third-order valence-corrected chi connectivity index (χ3v) is 1.82. The minimum atomic E-state index is -1.10. The van der Waals surface area contributed by atoms with Crippen molar-refractivity contribution < 1.29 is 14.8 Å². The van der Waals surface area contributed by atoms with Gasteiger partial charge in [-0.3, -0.25) is 14.9 Å². The number of carboxylic acid groups (broad SMARTS) is 1. The van der Waals surface area contributed by atoms with E-state index in [1.54, 1.807) is 0 Å². The molecule has 0 saturated heterocycles. The molecule has 0 spiro atoms. The zero-order chi connectivity index (χ0) is 11.4. The van der Waals surface area contributed by atoms with Gasteiger partial charge in [0, 0.05) is 11.1 Å². The summed E-state index contributed by atoms with van der Waals surface area (Å²) >= 11 is 5.58. The number of nitro benzene ring substituents is 1. The summed E-state index contributed by atoms with van der Waals surface area (Å²) in [5.74, 6) is -1.10. The van der Waals surface area contributed by atoms with Crippen LogP contribution in [0.2, 0.25) is 5.02 Å². The molecule has 1 rings (SSSR count). The van der Waals surface area contributed by atoms with Gasteiger partial charge in [0.2, 0.25) is 0 Å². The smallest absolute Gasteiger partial charge is 0.322 e. The lowest BCUT2D eigenvalue weighted by molar-refractivity contribution is -0.383. The number of hydrogen-bond donors (Lipinski definition) is 2. The second-order valence-corrected chi connectivity index (χ2v) is 3.10. The van der Waals surface area contributed by atoms with E-state index in [9.17, 15) is 14.9 Å². The highest BCUT2D eigenvalue weighted by molar-refractivity contribution is 6.30. The van der Waals surface area contributed by atoms with Crippen LogP contribution in [0.3, 0.4) is 0 Å². The van der Waals surface area contributed by atoms with Gasteiger partial charge in [-0.1, -0.05) is 11.6 Å². The third-order valence-electron chi connectivity index (χ3n) is 1.59. The van der Waals surface area contributed by atoms with E-state index in [4.69, 9.17) is 16.7 Å². The van der Waals surface area contributed by atoms with Gasteiger partial charge < -0.3 is 10.4 Å². The Morgan fingerprint density at radius 3 is 2.80 bits per heavy atom. The van der Waals surface area contributed by atoms with Crippen LogP contribution < -0.4 is 5.32 Å². The monoisotopic (exact) mass is 230 g/mol. The molecule has 0 heterocycles. The van der Waals surface area contributed by atoms with Gasteiger partial charge in [-0.2, -0.15) is 0 Å². The number of carbonyl (C=O) groups is 1. The molecule has 6 nitrogen and oxygen atoms in total. The molecule has 0 aliphatic carbocycles.